The molecule has 2 rings (SSSR count). The Balaban J connectivity index is 1.78. The molecule has 20 heavy (non-hydrogen) atoms. The number of rotatable bonds is 5. The molecule has 0 aliphatic rings. The van der Waals surface area contributed by atoms with Gasteiger partial charge in [-0.1, -0.05) is 39.0 Å². The molecule has 1 heterocycles. The average molecular weight is 269 g/mol. The largest absolute Gasteiger partial charge is 0.383 e. The zero-order valence-corrected chi connectivity index (χ0v) is 12.5. The summed E-state index contributed by atoms with van der Waals surface area (Å²) >= 11 is 0. The van der Waals surface area contributed by atoms with E-state index in [0.717, 1.165) is 24.5 Å². The van der Waals surface area contributed by atoms with Crippen molar-refractivity contribution in [2.45, 2.75) is 26.2 Å². The molecule has 0 spiro atoms. The molecule has 0 saturated heterocycles. The van der Waals surface area contributed by atoms with E-state index in [-0.39, 0.29) is 5.41 Å². The molecule has 0 atom stereocenters. The molecule has 1 aromatic carbocycles. The van der Waals surface area contributed by atoms with Gasteiger partial charge < -0.3 is 10.3 Å². The lowest BCUT2D eigenvalue weighted by Crippen LogP contribution is -2.11. The summed E-state index contributed by atoms with van der Waals surface area (Å²) in [4.78, 5) is 7.83. The summed E-state index contributed by atoms with van der Waals surface area (Å²) in [6.07, 6.45) is 1.90. The van der Waals surface area contributed by atoms with Gasteiger partial charge in [-0.3, -0.25) is 4.99 Å². The van der Waals surface area contributed by atoms with E-state index >= 15 is 0 Å². The molecule has 3 heteroatoms. The monoisotopic (exact) mass is 269 g/mol. The number of benzene rings is 1. The first kappa shape index (κ1) is 14.4. The topological polar surface area (TPSA) is 40.2 Å². The summed E-state index contributed by atoms with van der Waals surface area (Å²) in [7, 11) is 0. The standard InChI is InChI=1S/C17H23N3/c1-17(2,3)16-10-9-15(20-16)13-18-11-12-19-14-7-5-4-6-8-14/h4-10,13,19-20H,11-12H2,1-3H3. The van der Waals surface area contributed by atoms with E-state index in [1.54, 1.807) is 0 Å². The first-order chi connectivity index (χ1) is 9.55. The van der Waals surface area contributed by atoms with Gasteiger partial charge in [0, 0.05) is 29.6 Å². The van der Waals surface area contributed by atoms with Crippen LogP contribution in [0.4, 0.5) is 5.69 Å². The van der Waals surface area contributed by atoms with Gasteiger partial charge in [-0.25, -0.2) is 0 Å². The van der Waals surface area contributed by atoms with Crippen molar-refractivity contribution in [1.29, 1.82) is 0 Å². The number of aromatic amines is 1. The van der Waals surface area contributed by atoms with Crippen LogP contribution in [-0.2, 0) is 5.41 Å². The van der Waals surface area contributed by atoms with Crippen molar-refractivity contribution >= 4 is 11.9 Å². The number of aromatic nitrogens is 1. The molecule has 2 aromatic rings. The smallest absolute Gasteiger partial charge is 0.0564 e. The van der Waals surface area contributed by atoms with Gasteiger partial charge in [0.15, 0.2) is 0 Å². The van der Waals surface area contributed by atoms with Crippen molar-refractivity contribution in [2.75, 3.05) is 18.4 Å². The second kappa shape index (κ2) is 6.42. The summed E-state index contributed by atoms with van der Waals surface area (Å²) in [5, 5.41) is 3.34. The quantitative estimate of drug-likeness (QED) is 0.628. The summed E-state index contributed by atoms with van der Waals surface area (Å²) in [6, 6.07) is 14.4. The molecular formula is C17H23N3. The van der Waals surface area contributed by atoms with Gasteiger partial charge in [-0.2, -0.15) is 0 Å². The van der Waals surface area contributed by atoms with Crippen molar-refractivity contribution in [3.8, 4) is 0 Å². The molecule has 1 aromatic heterocycles. The lowest BCUT2D eigenvalue weighted by molar-refractivity contribution is 0.572. The van der Waals surface area contributed by atoms with Crippen molar-refractivity contribution < 1.29 is 0 Å². The molecular weight excluding hydrogens is 246 g/mol. The fourth-order valence-electron chi connectivity index (χ4n) is 1.91. The number of hydrogen-bond acceptors (Lipinski definition) is 2. The van der Waals surface area contributed by atoms with Gasteiger partial charge in [0.1, 0.15) is 0 Å². The molecule has 0 radical (unpaired) electrons. The first-order valence-corrected chi connectivity index (χ1v) is 7.04. The van der Waals surface area contributed by atoms with Gasteiger partial charge in [0.25, 0.3) is 0 Å². The molecule has 0 aliphatic heterocycles. The number of aliphatic imine (C=N–C) groups is 1. The highest BCUT2D eigenvalue weighted by atomic mass is 14.9. The van der Waals surface area contributed by atoms with Crippen molar-refractivity contribution in [1.82, 2.24) is 4.98 Å². The fraction of sp³-hybridized carbons (Fsp3) is 0.353. The Kier molecular flexibility index (Phi) is 4.61. The van der Waals surface area contributed by atoms with E-state index in [1.165, 1.54) is 5.69 Å². The number of para-hydroxylation sites is 1. The predicted octanol–water partition coefficient (Wildman–Crippen LogP) is 3.84. The molecule has 0 aliphatic carbocycles. The van der Waals surface area contributed by atoms with E-state index in [9.17, 15) is 0 Å². The van der Waals surface area contributed by atoms with E-state index < -0.39 is 0 Å². The maximum atomic E-state index is 4.43. The van der Waals surface area contributed by atoms with Crippen LogP contribution in [0.3, 0.4) is 0 Å². The number of anilines is 1. The van der Waals surface area contributed by atoms with Crippen LogP contribution >= 0.6 is 0 Å². The van der Waals surface area contributed by atoms with E-state index in [0.29, 0.717) is 0 Å². The number of H-pyrrole nitrogens is 1. The third-order valence-corrected chi connectivity index (χ3v) is 3.09. The summed E-state index contributed by atoms with van der Waals surface area (Å²) in [6.45, 7) is 8.20. The van der Waals surface area contributed by atoms with E-state index in [1.807, 2.05) is 24.4 Å². The summed E-state index contributed by atoms with van der Waals surface area (Å²) < 4.78 is 0. The van der Waals surface area contributed by atoms with Gasteiger partial charge in [0.05, 0.1) is 12.2 Å². The lowest BCUT2D eigenvalue weighted by atomic mass is 9.93. The Bertz CT molecular complexity index is 547. The molecule has 0 bridgehead atoms. The molecule has 0 amide bonds. The Hall–Kier alpha value is -2.03. The van der Waals surface area contributed by atoms with Crippen molar-refractivity contribution in [3.05, 3.63) is 53.9 Å². The first-order valence-electron chi connectivity index (χ1n) is 7.04. The molecule has 2 N–H and O–H groups in total. The van der Waals surface area contributed by atoms with Gasteiger partial charge in [-0.15, -0.1) is 0 Å². The minimum Gasteiger partial charge on any atom is -0.383 e. The number of nitrogens with zero attached hydrogens (tertiary/aromatic N) is 1. The highest BCUT2D eigenvalue weighted by molar-refractivity contribution is 5.77. The second-order valence-corrected chi connectivity index (χ2v) is 5.91. The minimum absolute atomic E-state index is 0.154. The maximum Gasteiger partial charge on any atom is 0.0564 e. The van der Waals surface area contributed by atoms with Crippen molar-refractivity contribution in [2.24, 2.45) is 4.99 Å². The summed E-state index contributed by atoms with van der Waals surface area (Å²) in [5.41, 5.74) is 3.59. The highest BCUT2D eigenvalue weighted by Gasteiger charge is 2.14. The zero-order valence-electron chi connectivity index (χ0n) is 12.5. The van der Waals surface area contributed by atoms with Crippen LogP contribution in [0, 0.1) is 0 Å². The highest BCUT2D eigenvalue weighted by Crippen LogP contribution is 2.20. The predicted molar refractivity (Wildman–Crippen MR) is 86.9 cm³/mol. The molecule has 0 saturated carbocycles. The van der Waals surface area contributed by atoms with Crippen LogP contribution < -0.4 is 5.32 Å². The Morgan fingerprint density at radius 3 is 2.50 bits per heavy atom. The van der Waals surface area contributed by atoms with E-state index in [2.05, 4.69) is 60.3 Å². The normalized spacial score (nSPS) is 11.9. The van der Waals surface area contributed by atoms with Gasteiger partial charge in [0.2, 0.25) is 0 Å². The minimum atomic E-state index is 0.154. The SMILES string of the molecule is CC(C)(C)c1ccc(C=NCCNc2ccccc2)[nH]1. The zero-order chi connectivity index (χ0) is 14.4. The number of hydrogen-bond donors (Lipinski definition) is 2. The fourth-order valence-corrected chi connectivity index (χ4v) is 1.91. The van der Waals surface area contributed by atoms with Crippen LogP contribution in [-0.4, -0.2) is 24.3 Å². The van der Waals surface area contributed by atoms with Crippen molar-refractivity contribution in [3.63, 3.8) is 0 Å². The molecule has 3 nitrogen and oxygen atoms in total. The maximum absolute atomic E-state index is 4.43. The van der Waals surface area contributed by atoms with Crippen LogP contribution in [0.1, 0.15) is 32.2 Å². The second-order valence-electron chi connectivity index (χ2n) is 5.91. The third kappa shape index (κ3) is 4.26. The molecule has 106 valence electrons. The molecule has 0 fully saturated rings. The average Bonchev–Trinajstić information content (AvgIpc) is 2.88. The molecule has 0 unspecified atom stereocenters. The van der Waals surface area contributed by atoms with Crippen LogP contribution in [0.15, 0.2) is 47.5 Å². The third-order valence-electron chi connectivity index (χ3n) is 3.09. The lowest BCUT2D eigenvalue weighted by Gasteiger charge is -2.15. The Labute approximate surface area is 121 Å². The van der Waals surface area contributed by atoms with Crippen LogP contribution in [0.2, 0.25) is 0 Å². The summed E-state index contributed by atoms with van der Waals surface area (Å²) in [5.74, 6) is 0. The van der Waals surface area contributed by atoms with E-state index in [4.69, 9.17) is 0 Å². The van der Waals surface area contributed by atoms with Gasteiger partial charge >= 0.3 is 0 Å². The van der Waals surface area contributed by atoms with Crippen LogP contribution in [0.5, 0.6) is 0 Å². The van der Waals surface area contributed by atoms with Crippen LogP contribution in [0.25, 0.3) is 0 Å². The number of nitrogens with one attached hydrogen (secondary N) is 2. The Morgan fingerprint density at radius 1 is 1.10 bits per heavy atom. The van der Waals surface area contributed by atoms with Gasteiger partial charge in [-0.05, 0) is 24.3 Å². The Morgan fingerprint density at radius 2 is 1.85 bits per heavy atom.